The van der Waals surface area contributed by atoms with Gasteiger partial charge >= 0.3 is 0 Å². The molecule has 0 amide bonds. The molecule has 1 aromatic carbocycles. The molecule has 7 heteroatoms. The third kappa shape index (κ3) is 3.46. The molecule has 2 heterocycles. The van der Waals surface area contributed by atoms with Crippen molar-refractivity contribution in [1.29, 1.82) is 0 Å². The van der Waals surface area contributed by atoms with Gasteiger partial charge in [0.25, 0.3) is 0 Å². The van der Waals surface area contributed by atoms with Gasteiger partial charge in [-0.25, -0.2) is 9.36 Å². The van der Waals surface area contributed by atoms with Crippen LogP contribution in [0.25, 0.3) is 5.69 Å². The molecule has 0 atom stereocenters. The minimum atomic E-state index is 0.478. The van der Waals surface area contributed by atoms with E-state index >= 15 is 0 Å². The molecule has 25 heavy (non-hydrogen) atoms. The van der Waals surface area contributed by atoms with Gasteiger partial charge in [-0.15, -0.1) is 5.10 Å². The number of hydrogen-bond acceptors (Lipinski definition) is 5. The summed E-state index contributed by atoms with van der Waals surface area (Å²) in [5, 5.41) is 17.7. The first-order valence-corrected chi connectivity index (χ1v) is 9.72. The highest BCUT2D eigenvalue weighted by Crippen LogP contribution is 2.32. The van der Waals surface area contributed by atoms with E-state index in [2.05, 4.69) is 57.9 Å². The lowest BCUT2D eigenvalue weighted by Gasteiger charge is -2.11. The van der Waals surface area contributed by atoms with E-state index in [0.717, 1.165) is 28.0 Å². The molecule has 0 radical (unpaired) electrons. The summed E-state index contributed by atoms with van der Waals surface area (Å²) in [5.41, 5.74) is 4.54. The van der Waals surface area contributed by atoms with Crippen LogP contribution in [0, 0.1) is 13.8 Å². The van der Waals surface area contributed by atoms with E-state index < -0.39 is 0 Å². The summed E-state index contributed by atoms with van der Waals surface area (Å²) in [6.07, 6.45) is 4.94. The number of benzene rings is 1. The lowest BCUT2D eigenvalue weighted by atomic mass is 10.2. The van der Waals surface area contributed by atoms with E-state index in [1.807, 2.05) is 16.3 Å². The molecule has 0 spiro atoms. The summed E-state index contributed by atoms with van der Waals surface area (Å²) in [7, 11) is 0. The number of tetrazole rings is 1. The summed E-state index contributed by atoms with van der Waals surface area (Å²) in [6, 6.07) is 11.1. The largest absolute Gasteiger partial charge is 0.238 e. The van der Waals surface area contributed by atoms with Gasteiger partial charge in [-0.2, -0.15) is 5.10 Å². The minimum Gasteiger partial charge on any atom is -0.238 e. The molecule has 1 fully saturated rings. The average molecular weight is 354 g/mol. The fourth-order valence-electron chi connectivity index (χ4n) is 3.43. The summed E-state index contributed by atoms with van der Waals surface area (Å²) < 4.78 is 3.99. The Kier molecular flexibility index (Phi) is 4.57. The zero-order valence-corrected chi connectivity index (χ0v) is 15.4. The van der Waals surface area contributed by atoms with Crippen molar-refractivity contribution >= 4 is 11.8 Å². The van der Waals surface area contributed by atoms with Crippen LogP contribution in [-0.4, -0.2) is 30.0 Å². The number of aromatic nitrogens is 6. The topological polar surface area (TPSA) is 61.4 Å². The fourth-order valence-corrected chi connectivity index (χ4v) is 4.33. The maximum absolute atomic E-state index is 4.53. The first kappa shape index (κ1) is 16.3. The predicted octanol–water partition coefficient (Wildman–Crippen LogP) is 3.88. The van der Waals surface area contributed by atoms with Crippen LogP contribution in [0.15, 0.2) is 35.5 Å². The molecule has 0 saturated heterocycles. The van der Waals surface area contributed by atoms with Crippen LogP contribution in [-0.2, 0) is 5.75 Å². The minimum absolute atomic E-state index is 0.478. The summed E-state index contributed by atoms with van der Waals surface area (Å²) in [4.78, 5) is 0. The monoisotopic (exact) mass is 354 g/mol. The van der Waals surface area contributed by atoms with E-state index in [9.17, 15) is 0 Å². The second-order valence-electron chi connectivity index (χ2n) is 6.64. The van der Waals surface area contributed by atoms with E-state index in [4.69, 9.17) is 0 Å². The van der Waals surface area contributed by atoms with Gasteiger partial charge in [0.1, 0.15) is 0 Å². The van der Waals surface area contributed by atoms with Gasteiger partial charge in [0.15, 0.2) is 0 Å². The van der Waals surface area contributed by atoms with Gasteiger partial charge in [0.05, 0.1) is 17.4 Å². The van der Waals surface area contributed by atoms with Crippen LogP contribution in [0.5, 0.6) is 0 Å². The third-order valence-corrected chi connectivity index (χ3v) is 5.70. The van der Waals surface area contributed by atoms with E-state index in [1.54, 1.807) is 11.8 Å². The number of hydrogen-bond donors (Lipinski definition) is 0. The highest BCUT2D eigenvalue weighted by molar-refractivity contribution is 7.98. The molecule has 0 bridgehead atoms. The van der Waals surface area contributed by atoms with Gasteiger partial charge in [-0.05, 0) is 60.9 Å². The van der Waals surface area contributed by atoms with Crippen LogP contribution in [0.4, 0.5) is 0 Å². The average Bonchev–Trinajstić information content (AvgIpc) is 3.34. The van der Waals surface area contributed by atoms with Gasteiger partial charge < -0.3 is 0 Å². The SMILES string of the molecule is Cc1cc(C)n(-c2ccc(CSc3nnnn3C3CCCC3)cc2)n1. The number of rotatable bonds is 5. The normalized spacial score (nSPS) is 15.1. The maximum Gasteiger partial charge on any atom is 0.209 e. The van der Waals surface area contributed by atoms with E-state index in [-0.39, 0.29) is 0 Å². The Morgan fingerprint density at radius 2 is 1.88 bits per heavy atom. The molecule has 4 rings (SSSR count). The molecule has 1 aliphatic carbocycles. The van der Waals surface area contributed by atoms with Crippen LogP contribution in [0.2, 0.25) is 0 Å². The summed E-state index contributed by atoms with van der Waals surface area (Å²) in [5.74, 6) is 0.866. The zero-order valence-electron chi connectivity index (χ0n) is 14.6. The molecular formula is C18H22N6S. The van der Waals surface area contributed by atoms with Crippen molar-refractivity contribution in [3.63, 3.8) is 0 Å². The van der Waals surface area contributed by atoms with Crippen LogP contribution in [0.1, 0.15) is 48.7 Å². The third-order valence-electron chi connectivity index (χ3n) is 4.69. The Hall–Kier alpha value is -2.15. The lowest BCUT2D eigenvalue weighted by molar-refractivity contribution is 0.423. The first-order chi connectivity index (χ1) is 12.2. The van der Waals surface area contributed by atoms with Crippen molar-refractivity contribution in [3.05, 3.63) is 47.3 Å². The number of aryl methyl sites for hydroxylation is 2. The molecule has 6 nitrogen and oxygen atoms in total. The van der Waals surface area contributed by atoms with Gasteiger partial charge in [0.2, 0.25) is 5.16 Å². The van der Waals surface area contributed by atoms with Crippen molar-refractivity contribution in [3.8, 4) is 5.69 Å². The number of nitrogens with zero attached hydrogens (tertiary/aromatic N) is 6. The van der Waals surface area contributed by atoms with Gasteiger partial charge in [-0.3, -0.25) is 0 Å². The summed E-state index contributed by atoms with van der Waals surface area (Å²) >= 11 is 1.71. The molecule has 0 unspecified atom stereocenters. The van der Waals surface area contributed by atoms with E-state index in [0.29, 0.717) is 6.04 Å². The Morgan fingerprint density at radius 1 is 1.12 bits per heavy atom. The smallest absolute Gasteiger partial charge is 0.209 e. The number of thioether (sulfide) groups is 1. The zero-order chi connectivity index (χ0) is 17.2. The highest BCUT2D eigenvalue weighted by atomic mass is 32.2. The quantitative estimate of drug-likeness (QED) is 0.651. The van der Waals surface area contributed by atoms with Crippen LogP contribution < -0.4 is 0 Å². The lowest BCUT2D eigenvalue weighted by Crippen LogP contribution is -2.08. The molecule has 130 valence electrons. The molecule has 1 aliphatic rings. The van der Waals surface area contributed by atoms with Crippen molar-refractivity contribution in [2.24, 2.45) is 0 Å². The van der Waals surface area contributed by atoms with Crippen LogP contribution >= 0.6 is 11.8 Å². The van der Waals surface area contributed by atoms with E-state index in [1.165, 1.54) is 31.2 Å². The second-order valence-corrected chi connectivity index (χ2v) is 7.58. The Balaban J connectivity index is 1.44. The second kappa shape index (κ2) is 7.00. The Morgan fingerprint density at radius 3 is 2.56 bits per heavy atom. The van der Waals surface area contributed by atoms with Crippen molar-refractivity contribution in [1.82, 2.24) is 30.0 Å². The van der Waals surface area contributed by atoms with Crippen molar-refractivity contribution in [2.45, 2.75) is 56.5 Å². The molecule has 3 aromatic rings. The molecular weight excluding hydrogens is 332 g/mol. The highest BCUT2D eigenvalue weighted by Gasteiger charge is 2.21. The van der Waals surface area contributed by atoms with Crippen molar-refractivity contribution < 1.29 is 0 Å². The molecule has 2 aromatic heterocycles. The van der Waals surface area contributed by atoms with Gasteiger partial charge in [-0.1, -0.05) is 36.7 Å². The van der Waals surface area contributed by atoms with Crippen LogP contribution in [0.3, 0.4) is 0 Å². The Bertz CT molecular complexity index is 845. The Labute approximate surface area is 151 Å². The molecule has 0 aliphatic heterocycles. The summed E-state index contributed by atoms with van der Waals surface area (Å²) in [6.45, 7) is 4.09. The first-order valence-electron chi connectivity index (χ1n) is 8.74. The van der Waals surface area contributed by atoms with Crippen molar-refractivity contribution in [2.75, 3.05) is 0 Å². The molecule has 0 N–H and O–H groups in total. The maximum atomic E-state index is 4.53. The predicted molar refractivity (Wildman–Crippen MR) is 97.9 cm³/mol. The van der Waals surface area contributed by atoms with Gasteiger partial charge in [0, 0.05) is 11.4 Å². The molecule has 1 saturated carbocycles. The standard InChI is InChI=1S/C18H22N6S/c1-13-11-14(2)23(20-13)17-9-7-15(8-10-17)12-25-18-19-21-22-24(18)16-5-3-4-6-16/h7-11,16H,3-6,12H2,1-2H3. The fraction of sp³-hybridized carbons (Fsp3) is 0.444.